The van der Waals surface area contributed by atoms with Gasteiger partial charge in [0.1, 0.15) is 0 Å². The first-order valence-electron chi connectivity index (χ1n) is 6.70. The van der Waals surface area contributed by atoms with Crippen LogP contribution >= 0.6 is 0 Å². The average molecular weight is 245 g/mol. The van der Waals surface area contributed by atoms with E-state index in [1.54, 1.807) is 7.11 Å². The van der Waals surface area contributed by atoms with Gasteiger partial charge in [-0.25, -0.2) is 0 Å². The van der Waals surface area contributed by atoms with E-state index in [-0.39, 0.29) is 0 Å². The number of nitrogens with zero attached hydrogens (tertiary/aromatic N) is 2. The van der Waals surface area contributed by atoms with E-state index in [0.717, 1.165) is 45.8 Å². The molecule has 0 bridgehead atoms. The Labute approximate surface area is 107 Å². The van der Waals surface area contributed by atoms with Crippen molar-refractivity contribution in [3.05, 3.63) is 0 Å². The van der Waals surface area contributed by atoms with Crippen LogP contribution in [0.1, 0.15) is 20.3 Å². The second kappa shape index (κ2) is 11.0. The third kappa shape index (κ3) is 9.53. The molecule has 1 N–H and O–H groups in total. The fraction of sp³-hybridized carbons (Fsp3) is 1.00. The maximum absolute atomic E-state index is 5.02. The molecule has 0 aromatic carbocycles. The van der Waals surface area contributed by atoms with Gasteiger partial charge in [-0.3, -0.25) is 4.90 Å². The fourth-order valence-corrected chi connectivity index (χ4v) is 2.02. The van der Waals surface area contributed by atoms with Crippen molar-refractivity contribution in [2.45, 2.75) is 26.3 Å². The zero-order valence-corrected chi connectivity index (χ0v) is 12.3. The number of methoxy groups -OCH3 is 1. The van der Waals surface area contributed by atoms with Crippen LogP contribution in [0.25, 0.3) is 0 Å². The highest BCUT2D eigenvalue weighted by Gasteiger charge is 2.11. The van der Waals surface area contributed by atoms with Crippen LogP contribution in [0.2, 0.25) is 0 Å². The van der Waals surface area contributed by atoms with Crippen molar-refractivity contribution in [1.82, 2.24) is 15.1 Å². The molecule has 0 rings (SSSR count). The van der Waals surface area contributed by atoms with Gasteiger partial charge >= 0.3 is 0 Å². The van der Waals surface area contributed by atoms with E-state index in [4.69, 9.17) is 4.74 Å². The zero-order valence-electron chi connectivity index (χ0n) is 12.3. The minimum atomic E-state index is 0.621. The van der Waals surface area contributed by atoms with Crippen LogP contribution in [-0.2, 0) is 4.74 Å². The molecule has 0 spiro atoms. The van der Waals surface area contributed by atoms with Crippen LogP contribution < -0.4 is 5.32 Å². The van der Waals surface area contributed by atoms with Gasteiger partial charge in [-0.15, -0.1) is 0 Å². The summed E-state index contributed by atoms with van der Waals surface area (Å²) >= 11 is 0. The molecule has 17 heavy (non-hydrogen) atoms. The highest BCUT2D eigenvalue weighted by molar-refractivity contribution is 4.69. The summed E-state index contributed by atoms with van der Waals surface area (Å²) < 4.78 is 5.02. The Balaban J connectivity index is 3.60. The summed E-state index contributed by atoms with van der Waals surface area (Å²) in [5.74, 6) is 0. The monoisotopic (exact) mass is 245 g/mol. The quantitative estimate of drug-likeness (QED) is 0.547. The SMILES string of the molecule is CCN(CCNCCCOC)C(C)CN(C)C. The van der Waals surface area contributed by atoms with E-state index >= 15 is 0 Å². The van der Waals surface area contributed by atoms with Crippen molar-refractivity contribution in [2.75, 3.05) is 60.5 Å². The molecule has 0 radical (unpaired) electrons. The number of hydrogen-bond donors (Lipinski definition) is 1. The lowest BCUT2D eigenvalue weighted by molar-refractivity contribution is 0.178. The van der Waals surface area contributed by atoms with Crippen molar-refractivity contribution in [3.8, 4) is 0 Å². The molecule has 104 valence electrons. The topological polar surface area (TPSA) is 27.7 Å². The first-order chi connectivity index (χ1) is 8.11. The van der Waals surface area contributed by atoms with Crippen molar-refractivity contribution >= 4 is 0 Å². The van der Waals surface area contributed by atoms with E-state index in [1.807, 2.05) is 0 Å². The molecule has 0 heterocycles. The van der Waals surface area contributed by atoms with Gasteiger partial charge in [0, 0.05) is 39.4 Å². The molecule has 0 fully saturated rings. The molecule has 0 saturated heterocycles. The van der Waals surface area contributed by atoms with E-state index < -0.39 is 0 Å². The molecule has 1 atom stereocenters. The second-order valence-electron chi connectivity index (χ2n) is 4.84. The fourth-order valence-electron chi connectivity index (χ4n) is 2.02. The van der Waals surface area contributed by atoms with Gasteiger partial charge in [0.05, 0.1) is 0 Å². The molecule has 0 aliphatic heterocycles. The summed E-state index contributed by atoms with van der Waals surface area (Å²) in [7, 11) is 6.02. The van der Waals surface area contributed by atoms with Gasteiger partial charge in [-0.2, -0.15) is 0 Å². The van der Waals surface area contributed by atoms with Crippen LogP contribution in [0.3, 0.4) is 0 Å². The summed E-state index contributed by atoms with van der Waals surface area (Å²) in [6, 6.07) is 0.621. The maximum Gasteiger partial charge on any atom is 0.0474 e. The molecule has 0 saturated carbocycles. The number of hydrogen-bond acceptors (Lipinski definition) is 4. The van der Waals surface area contributed by atoms with Gasteiger partial charge in [0.15, 0.2) is 0 Å². The van der Waals surface area contributed by atoms with Gasteiger partial charge in [-0.05, 0) is 40.5 Å². The Morgan fingerprint density at radius 2 is 1.94 bits per heavy atom. The molecular weight excluding hydrogens is 214 g/mol. The standard InChI is InChI=1S/C13H31N3O/c1-6-16(13(2)12-15(3)4)10-9-14-8-7-11-17-5/h13-14H,6-12H2,1-5H3. The Hall–Kier alpha value is -0.160. The highest BCUT2D eigenvalue weighted by atomic mass is 16.5. The summed E-state index contributed by atoms with van der Waals surface area (Å²) in [4.78, 5) is 4.77. The molecule has 4 heteroatoms. The molecule has 0 aliphatic carbocycles. The summed E-state index contributed by atoms with van der Waals surface area (Å²) in [5.41, 5.74) is 0. The molecule has 0 aliphatic rings. The lowest BCUT2D eigenvalue weighted by Gasteiger charge is -2.30. The minimum Gasteiger partial charge on any atom is -0.385 e. The van der Waals surface area contributed by atoms with Crippen molar-refractivity contribution in [2.24, 2.45) is 0 Å². The molecule has 0 amide bonds. The van der Waals surface area contributed by atoms with E-state index in [2.05, 4.69) is 43.1 Å². The predicted molar refractivity (Wildman–Crippen MR) is 74.6 cm³/mol. The molecule has 0 aromatic heterocycles. The normalized spacial score (nSPS) is 13.6. The Bertz CT molecular complexity index is 165. The molecule has 0 aromatic rings. The number of ether oxygens (including phenoxy) is 1. The summed E-state index contributed by atoms with van der Waals surface area (Å²) in [6.45, 7) is 10.9. The maximum atomic E-state index is 5.02. The summed E-state index contributed by atoms with van der Waals surface area (Å²) in [5, 5.41) is 3.46. The second-order valence-corrected chi connectivity index (χ2v) is 4.84. The average Bonchev–Trinajstić information content (AvgIpc) is 2.27. The number of rotatable bonds is 11. The third-order valence-corrected chi connectivity index (χ3v) is 2.94. The van der Waals surface area contributed by atoms with E-state index in [1.165, 1.54) is 0 Å². The molecule has 4 nitrogen and oxygen atoms in total. The first-order valence-corrected chi connectivity index (χ1v) is 6.70. The zero-order chi connectivity index (χ0) is 13.1. The Morgan fingerprint density at radius 3 is 2.47 bits per heavy atom. The summed E-state index contributed by atoms with van der Waals surface area (Å²) in [6.07, 6.45) is 1.09. The van der Waals surface area contributed by atoms with Gasteiger partial charge in [0.2, 0.25) is 0 Å². The molecule has 1 unspecified atom stereocenters. The minimum absolute atomic E-state index is 0.621. The van der Waals surface area contributed by atoms with E-state index in [9.17, 15) is 0 Å². The van der Waals surface area contributed by atoms with Gasteiger partial charge in [0.25, 0.3) is 0 Å². The first kappa shape index (κ1) is 16.8. The smallest absolute Gasteiger partial charge is 0.0474 e. The Kier molecular flexibility index (Phi) is 10.9. The highest BCUT2D eigenvalue weighted by Crippen LogP contribution is 1.99. The van der Waals surface area contributed by atoms with Crippen molar-refractivity contribution in [3.63, 3.8) is 0 Å². The van der Waals surface area contributed by atoms with Crippen molar-refractivity contribution < 1.29 is 4.74 Å². The molecular formula is C13H31N3O. The van der Waals surface area contributed by atoms with Gasteiger partial charge in [-0.1, -0.05) is 6.92 Å². The van der Waals surface area contributed by atoms with Crippen molar-refractivity contribution in [1.29, 1.82) is 0 Å². The van der Waals surface area contributed by atoms with Crippen LogP contribution in [-0.4, -0.2) is 76.4 Å². The van der Waals surface area contributed by atoms with E-state index in [0.29, 0.717) is 6.04 Å². The van der Waals surface area contributed by atoms with Gasteiger partial charge < -0.3 is 15.0 Å². The Morgan fingerprint density at radius 1 is 1.24 bits per heavy atom. The lowest BCUT2D eigenvalue weighted by atomic mass is 10.2. The van der Waals surface area contributed by atoms with Crippen LogP contribution in [0.15, 0.2) is 0 Å². The van der Waals surface area contributed by atoms with Crippen LogP contribution in [0, 0.1) is 0 Å². The predicted octanol–water partition coefficient (Wildman–Crippen LogP) is 0.885. The lowest BCUT2D eigenvalue weighted by Crippen LogP contribution is -2.43. The van der Waals surface area contributed by atoms with Crippen LogP contribution in [0.4, 0.5) is 0 Å². The number of likely N-dealkylation sites (N-methyl/N-ethyl adjacent to an activating group) is 2. The number of nitrogens with one attached hydrogen (secondary N) is 1. The largest absolute Gasteiger partial charge is 0.385 e. The van der Waals surface area contributed by atoms with Crippen LogP contribution in [0.5, 0.6) is 0 Å². The third-order valence-electron chi connectivity index (χ3n) is 2.94.